The molecule has 0 atom stereocenters. The first-order valence-electron chi connectivity index (χ1n) is 3.19. The van der Waals surface area contributed by atoms with Gasteiger partial charge < -0.3 is 11.2 Å². The average molecular weight is 185 g/mol. The summed E-state index contributed by atoms with van der Waals surface area (Å²) in [5.74, 6) is -1.45. The maximum absolute atomic E-state index is 12.7. The predicted octanol–water partition coefficient (Wildman–Crippen LogP) is -0.0352. The molecule has 0 saturated heterocycles. The monoisotopic (exact) mass is 185 g/mol. The van der Waals surface area contributed by atoms with Gasteiger partial charge in [0, 0.05) is 5.56 Å². The Hall–Kier alpha value is -1.75. The minimum atomic E-state index is -0.756. The van der Waals surface area contributed by atoms with Gasteiger partial charge in [-0.25, -0.2) is 4.39 Å². The van der Waals surface area contributed by atoms with Gasteiger partial charge in [-0.05, 0) is 18.2 Å². The van der Waals surface area contributed by atoms with Crippen LogP contribution in [0.1, 0.15) is 10.4 Å². The second kappa shape index (κ2) is 4.32. The van der Waals surface area contributed by atoms with Crippen molar-refractivity contribution < 1.29 is 19.5 Å². The molecule has 0 aliphatic rings. The van der Waals surface area contributed by atoms with E-state index in [-0.39, 0.29) is 23.0 Å². The molecule has 5 heteroatoms. The number of ketones is 1. The number of rotatable bonds is 2. The topological polar surface area (TPSA) is 91.7 Å². The van der Waals surface area contributed by atoms with E-state index < -0.39 is 11.6 Å². The minimum Gasteiger partial charge on any atom is -0.412 e. The third-order valence-electron chi connectivity index (χ3n) is 1.39. The predicted molar refractivity (Wildman–Crippen MR) is 44.8 cm³/mol. The summed E-state index contributed by atoms with van der Waals surface area (Å²) < 4.78 is 12.7. The van der Waals surface area contributed by atoms with E-state index in [1.165, 1.54) is 12.1 Å². The van der Waals surface area contributed by atoms with Crippen molar-refractivity contribution in [2.45, 2.75) is 0 Å². The van der Waals surface area contributed by atoms with E-state index in [0.717, 1.165) is 6.07 Å². The summed E-state index contributed by atoms with van der Waals surface area (Å²) in [6.45, 7) is 0. The van der Waals surface area contributed by atoms with Gasteiger partial charge >= 0.3 is 0 Å². The van der Waals surface area contributed by atoms with Gasteiger partial charge in [0.15, 0.2) is 6.29 Å². The summed E-state index contributed by atoms with van der Waals surface area (Å²) in [5.41, 5.74) is 5.12. The van der Waals surface area contributed by atoms with Crippen LogP contribution < -0.4 is 5.73 Å². The molecule has 1 aromatic carbocycles. The van der Waals surface area contributed by atoms with Gasteiger partial charge in [0.05, 0.1) is 5.69 Å². The first-order chi connectivity index (χ1) is 5.65. The number of carbonyl (C=O) groups is 2. The van der Waals surface area contributed by atoms with Gasteiger partial charge in [-0.1, -0.05) is 0 Å². The molecule has 4 N–H and O–H groups in total. The standard InChI is InChI=1S/C8H6FNO2.H2O/c9-6-3-5(8(12)4-11)1-2-7(6)10;/h1-4H,10H2;1H2. The third kappa shape index (κ3) is 2.34. The van der Waals surface area contributed by atoms with Crippen molar-refractivity contribution in [3.63, 3.8) is 0 Å². The normalized spacial score (nSPS) is 8.69. The summed E-state index contributed by atoms with van der Waals surface area (Å²) in [5, 5.41) is 0. The fraction of sp³-hybridized carbons (Fsp3) is 0. The molecule has 0 aromatic heterocycles. The summed E-state index contributed by atoms with van der Waals surface area (Å²) in [4.78, 5) is 20.7. The number of benzene rings is 1. The van der Waals surface area contributed by atoms with Crippen LogP contribution in [0.15, 0.2) is 18.2 Å². The van der Waals surface area contributed by atoms with Gasteiger partial charge in [-0.15, -0.1) is 0 Å². The van der Waals surface area contributed by atoms with Gasteiger partial charge in [0.1, 0.15) is 5.82 Å². The van der Waals surface area contributed by atoms with Crippen LogP contribution in [0.4, 0.5) is 10.1 Å². The smallest absolute Gasteiger partial charge is 0.225 e. The van der Waals surface area contributed by atoms with Gasteiger partial charge in [0.25, 0.3) is 0 Å². The number of hydrogen-bond acceptors (Lipinski definition) is 3. The molecule has 4 nitrogen and oxygen atoms in total. The Labute approximate surface area is 73.5 Å². The Morgan fingerprint density at radius 2 is 2.08 bits per heavy atom. The molecule has 0 saturated carbocycles. The van der Waals surface area contributed by atoms with Crippen LogP contribution in [-0.2, 0) is 4.79 Å². The van der Waals surface area contributed by atoms with Crippen molar-refractivity contribution in [3.8, 4) is 0 Å². The molecule has 0 spiro atoms. The zero-order chi connectivity index (χ0) is 9.14. The fourth-order valence-corrected chi connectivity index (χ4v) is 0.748. The van der Waals surface area contributed by atoms with Crippen molar-refractivity contribution in [2.24, 2.45) is 0 Å². The maximum Gasteiger partial charge on any atom is 0.225 e. The Kier molecular flexibility index (Phi) is 3.74. The van der Waals surface area contributed by atoms with Crippen LogP contribution in [0.25, 0.3) is 0 Å². The lowest BCUT2D eigenvalue weighted by atomic mass is 10.1. The third-order valence-corrected chi connectivity index (χ3v) is 1.39. The molecule has 0 bridgehead atoms. The number of carbonyl (C=O) groups excluding carboxylic acids is 2. The molecule has 70 valence electrons. The molecule has 1 aromatic rings. The molecule has 13 heavy (non-hydrogen) atoms. The lowest BCUT2D eigenvalue weighted by Crippen LogP contribution is -2.01. The Morgan fingerprint density at radius 3 is 2.54 bits per heavy atom. The van der Waals surface area contributed by atoms with Gasteiger partial charge in [-0.2, -0.15) is 0 Å². The van der Waals surface area contributed by atoms with E-state index in [4.69, 9.17) is 5.73 Å². The van der Waals surface area contributed by atoms with Crippen LogP contribution in [0.3, 0.4) is 0 Å². The fourth-order valence-electron chi connectivity index (χ4n) is 0.748. The number of hydrogen-bond donors (Lipinski definition) is 1. The van der Waals surface area contributed by atoms with Crippen LogP contribution in [-0.4, -0.2) is 17.5 Å². The largest absolute Gasteiger partial charge is 0.412 e. The van der Waals surface area contributed by atoms with E-state index in [1.807, 2.05) is 0 Å². The van der Waals surface area contributed by atoms with E-state index in [1.54, 1.807) is 0 Å². The minimum absolute atomic E-state index is 0. The molecular weight excluding hydrogens is 177 g/mol. The van der Waals surface area contributed by atoms with Gasteiger partial charge in [-0.3, -0.25) is 9.59 Å². The molecule has 0 amide bonds. The van der Waals surface area contributed by atoms with Crippen molar-refractivity contribution in [3.05, 3.63) is 29.6 Å². The molecule has 0 radical (unpaired) electrons. The van der Waals surface area contributed by atoms with Crippen LogP contribution in [0.5, 0.6) is 0 Å². The van der Waals surface area contributed by atoms with Crippen LogP contribution in [0.2, 0.25) is 0 Å². The van der Waals surface area contributed by atoms with Crippen molar-refractivity contribution in [1.82, 2.24) is 0 Å². The molecule has 0 fully saturated rings. The summed E-state index contributed by atoms with van der Waals surface area (Å²) in [6.07, 6.45) is 0.130. The Balaban J connectivity index is 0.00000144. The molecule has 0 unspecified atom stereocenters. The lowest BCUT2D eigenvalue weighted by Gasteiger charge is -1.97. The first kappa shape index (κ1) is 11.2. The summed E-state index contributed by atoms with van der Waals surface area (Å²) in [6, 6.07) is 3.48. The second-order valence-electron chi connectivity index (χ2n) is 2.22. The molecule has 0 heterocycles. The second-order valence-corrected chi connectivity index (χ2v) is 2.22. The number of anilines is 1. The average Bonchev–Trinajstić information content (AvgIpc) is 2.08. The number of aldehydes is 1. The summed E-state index contributed by atoms with van der Waals surface area (Å²) in [7, 11) is 0. The number of halogens is 1. The zero-order valence-electron chi connectivity index (χ0n) is 6.58. The highest BCUT2D eigenvalue weighted by atomic mass is 19.1. The quantitative estimate of drug-likeness (QED) is 0.303. The van der Waals surface area contributed by atoms with Gasteiger partial charge in [0.2, 0.25) is 5.78 Å². The highest BCUT2D eigenvalue weighted by Crippen LogP contribution is 2.11. The Bertz CT molecular complexity index is 338. The van der Waals surface area contributed by atoms with Crippen molar-refractivity contribution >= 4 is 17.8 Å². The molecular formula is C8H8FNO3. The van der Waals surface area contributed by atoms with Crippen LogP contribution in [0, 0.1) is 5.82 Å². The Morgan fingerprint density at radius 1 is 1.46 bits per heavy atom. The number of nitrogen functional groups attached to an aromatic ring is 1. The van der Waals surface area contributed by atoms with E-state index in [9.17, 15) is 14.0 Å². The first-order valence-corrected chi connectivity index (χ1v) is 3.19. The van der Waals surface area contributed by atoms with Crippen molar-refractivity contribution in [2.75, 3.05) is 5.73 Å². The highest BCUT2D eigenvalue weighted by Gasteiger charge is 2.06. The number of Topliss-reactive ketones (excluding diaryl/α,β-unsaturated/α-hetero) is 1. The molecule has 1 rings (SSSR count). The molecule has 0 aliphatic heterocycles. The number of nitrogens with two attached hydrogens (primary N) is 1. The van der Waals surface area contributed by atoms with Crippen molar-refractivity contribution in [1.29, 1.82) is 0 Å². The zero-order valence-corrected chi connectivity index (χ0v) is 6.58. The van der Waals surface area contributed by atoms with E-state index >= 15 is 0 Å². The van der Waals surface area contributed by atoms with E-state index in [2.05, 4.69) is 0 Å². The highest BCUT2D eigenvalue weighted by molar-refractivity contribution is 6.33. The van der Waals surface area contributed by atoms with E-state index in [0.29, 0.717) is 0 Å². The summed E-state index contributed by atoms with van der Waals surface area (Å²) >= 11 is 0. The molecule has 0 aliphatic carbocycles. The van der Waals surface area contributed by atoms with Crippen LogP contribution >= 0.6 is 0 Å². The SMILES string of the molecule is Nc1ccc(C(=O)C=O)cc1F.O. The lowest BCUT2D eigenvalue weighted by molar-refractivity contribution is -0.104. The maximum atomic E-state index is 12.7.